The normalized spacial score (nSPS) is 16.6. The van der Waals surface area contributed by atoms with Gasteiger partial charge in [-0.25, -0.2) is 4.79 Å². The summed E-state index contributed by atoms with van der Waals surface area (Å²) in [6, 6.07) is 7.83. The van der Waals surface area contributed by atoms with E-state index in [1.807, 2.05) is 38.1 Å². The van der Waals surface area contributed by atoms with Crippen molar-refractivity contribution in [2.45, 2.75) is 53.0 Å². The fourth-order valence-electron chi connectivity index (χ4n) is 3.59. The zero-order valence-electron chi connectivity index (χ0n) is 18.1. The molecule has 0 saturated carbocycles. The molecule has 1 unspecified atom stereocenters. The number of carbonyl (C=O) groups is 2. The standard InChI is InChI=1S/C23H31ClN2O4/c1-14(2)12-19-18(13-25)22(17-9-7-15(3)8-10-17)21(16(4)26-19)23(28)29-11-5-6-20(27)30-24/h7-10,14,16,26H,5-6,11-13,25H2,1-4H3. The summed E-state index contributed by atoms with van der Waals surface area (Å²) in [7, 11) is 0. The van der Waals surface area contributed by atoms with Gasteiger partial charge in [0, 0.05) is 17.8 Å². The maximum Gasteiger partial charge on any atom is 0.336 e. The number of nitrogens with two attached hydrogens (primary N) is 1. The summed E-state index contributed by atoms with van der Waals surface area (Å²) < 4.78 is 9.58. The first-order valence-corrected chi connectivity index (χ1v) is 10.6. The molecule has 1 aromatic carbocycles. The number of aryl methyl sites for hydroxylation is 1. The van der Waals surface area contributed by atoms with Gasteiger partial charge >= 0.3 is 11.9 Å². The highest BCUT2D eigenvalue weighted by Crippen LogP contribution is 2.35. The average molecular weight is 435 g/mol. The molecule has 1 aliphatic rings. The van der Waals surface area contributed by atoms with Gasteiger partial charge < -0.3 is 20.1 Å². The van der Waals surface area contributed by atoms with Crippen LogP contribution in [0.5, 0.6) is 0 Å². The Bertz CT molecular complexity index is 828. The van der Waals surface area contributed by atoms with Gasteiger partial charge in [0.15, 0.2) is 0 Å². The second kappa shape index (κ2) is 11.2. The van der Waals surface area contributed by atoms with Crippen LogP contribution in [0.4, 0.5) is 0 Å². The van der Waals surface area contributed by atoms with Crippen molar-refractivity contribution in [3.63, 3.8) is 0 Å². The molecule has 1 heterocycles. The molecule has 0 fully saturated rings. The molecule has 0 saturated heterocycles. The van der Waals surface area contributed by atoms with Crippen LogP contribution >= 0.6 is 11.9 Å². The molecule has 0 radical (unpaired) electrons. The predicted octanol–water partition coefficient (Wildman–Crippen LogP) is 4.02. The number of dihydropyridines is 1. The molecular weight excluding hydrogens is 404 g/mol. The number of esters is 1. The first kappa shape index (κ1) is 24.0. The lowest BCUT2D eigenvalue weighted by atomic mass is 9.84. The summed E-state index contributed by atoms with van der Waals surface area (Å²) in [5.74, 6) is -0.526. The third-order valence-electron chi connectivity index (χ3n) is 4.98. The molecule has 7 heteroatoms. The predicted molar refractivity (Wildman–Crippen MR) is 118 cm³/mol. The molecule has 6 nitrogen and oxygen atoms in total. The zero-order chi connectivity index (χ0) is 22.3. The minimum Gasteiger partial charge on any atom is -0.462 e. The van der Waals surface area contributed by atoms with E-state index in [1.54, 1.807) is 0 Å². The molecule has 1 aliphatic heterocycles. The van der Waals surface area contributed by atoms with Gasteiger partial charge in [-0.1, -0.05) is 43.7 Å². The second-order valence-corrected chi connectivity index (χ2v) is 8.12. The lowest BCUT2D eigenvalue weighted by molar-refractivity contribution is -0.141. The first-order valence-electron chi connectivity index (χ1n) is 10.3. The van der Waals surface area contributed by atoms with Gasteiger partial charge in [-0.3, -0.25) is 4.79 Å². The number of hydrogen-bond donors (Lipinski definition) is 2. The number of allylic oxidation sites excluding steroid dienone is 1. The van der Waals surface area contributed by atoms with Crippen LogP contribution in [0.1, 0.15) is 51.2 Å². The average Bonchev–Trinajstić information content (AvgIpc) is 2.70. The number of halogens is 1. The maximum atomic E-state index is 13.0. The molecule has 0 aromatic heterocycles. The van der Waals surface area contributed by atoms with Gasteiger partial charge in [-0.2, -0.15) is 0 Å². The molecule has 164 valence electrons. The van der Waals surface area contributed by atoms with Crippen molar-refractivity contribution in [2.75, 3.05) is 13.2 Å². The number of nitrogens with one attached hydrogen (secondary N) is 1. The zero-order valence-corrected chi connectivity index (χ0v) is 18.8. The van der Waals surface area contributed by atoms with Crippen molar-refractivity contribution in [1.82, 2.24) is 5.32 Å². The van der Waals surface area contributed by atoms with Crippen LogP contribution in [0.25, 0.3) is 5.57 Å². The van der Waals surface area contributed by atoms with Gasteiger partial charge in [0.1, 0.15) is 11.9 Å². The van der Waals surface area contributed by atoms with Gasteiger partial charge in [0.05, 0.1) is 24.6 Å². The fourth-order valence-corrected chi connectivity index (χ4v) is 3.67. The fraction of sp³-hybridized carbons (Fsp3) is 0.478. The topological polar surface area (TPSA) is 90.7 Å². The molecular formula is C23H31ClN2O4. The summed E-state index contributed by atoms with van der Waals surface area (Å²) in [5.41, 5.74) is 11.6. The van der Waals surface area contributed by atoms with Gasteiger partial charge in [-0.05, 0) is 43.7 Å². The molecule has 0 spiro atoms. The van der Waals surface area contributed by atoms with Crippen LogP contribution in [0.15, 0.2) is 41.1 Å². The Kier molecular flexibility index (Phi) is 8.93. The summed E-state index contributed by atoms with van der Waals surface area (Å²) >= 11 is 5.02. The quantitative estimate of drug-likeness (QED) is 0.450. The first-order chi connectivity index (χ1) is 14.3. The van der Waals surface area contributed by atoms with Crippen molar-refractivity contribution >= 4 is 29.4 Å². The van der Waals surface area contributed by atoms with E-state index in [9.17, 15) is 9.59 Å². The van der Waals surface area contributed by atoms with Crippen LogP contribution in [0.2, 0.25) is 0 Å². The Balaban J connectivity index is 2.43. The molecule has 30 heavy (non-hydrogen) atoms. The van der Waals surface area contributed by atoms with E-state index in [4.69, 9.17) is 22.3 Å². The maximum absolute atomic E-state index is 13.0. The molecule has 1 aromatic rings. The van der Waals surface area contributed by atoms with Crippen LogP contribution in [0, 0.1) is 12.8 Å². The number of benzene rings is 1. The molecule has 2 rings (SSSR count). The summed E-state index contributed by atoms with van der Waals surface area (Å²) in [6.07, 6.45) is 1.26. The molecule has 0 aliphatic carbocycles. The SMILES string of the molecule is Cc1ccc(C2=C(C(=O)OCCCC(=O)OCl)C(C)NC(CC(C)C)=C2CN)cc1. The highest BCUT2D eigenvalue weighted by molar-refractivity contribution is 6.13. The van der Waals surface area contributed by atoms with Crippen LogP contribution < -0.4 is 11.1 Å². The third kappa shape index (κ3) is 6.09. The summed E-state index contributed by atoms with van der Waals surface area (Å²) in [6.45, 7) is 8.68. The number of carbonyl (C=O) groups excluding carboxylic acids is 2. The smallest absolute Gasteiger partial charge is 0.336 e. The minimum atomic E-state index is -0.549. The van der Waals surface area contributed by atoms with Gasteiger partial charge in [-0.15, -0.1) is 0 Å². The molecule has 0 bridgehead atoms. The highest BCUT2D eigenvalue weighted by Gasteiger charge is 2.31. The van der Waals surface area contributed by atoms with Crippen LogP contribution in [0.3, 0.4) is 0 Å². The Morgan fingerprint density at radius 1 is 1.23 bits per heavy atom. The van der Waals surface area contributed by atoms with Gasteiger partial charge in [0.2, 0.25) is 0 Å². The minimum absolute atomic E-state index is 0.0843. The van der Waals surface area contributed by atoms with Crippen molar-refractivity contribution in [2.24, 2.45) is 11.7 Å². The van der Waals surface area contributed by atoms with Crippen molar-refractivity contribution in [3.05, 3.63) is 52.2 Å². The van der Waals surface area contributed by atoms with E-state index in [0.29, 0.717) is 24.5 Å². The molecule has 0 amide bonds. The Morgan fingerprint density at radius 2 is 1.90 bits per heavy atom. The number of ether oxygens (including phenoxy) is 1. The summed E-state index contributed by atoms with van der Waals surface area (Å²) in [5, 5.41) is 3.46. The van der Waals surface area contributed by atoms with E-state index in [1.165, 1.54) is 0 Å². The Morgan fingerprint density at radius 3 is 2.47 bits per heavy atom. The lowest BCUT2D eigenvalue weighted by Crippen LogP contribution is -2.38. The van der Waals surface area contributed by atoms with Crippen molar-refractivity contribution in [1.29, 1.82) is 0 Å². The van der Waals surface area contributed by atoms with Gasteiger partial charge in [0.25, 0.3) is 0 Å². The number of rotatable bonds is 9. The highest BCUT2D eigenvalue weighted by atomic mass is 35.5. The van der Waals surface area contributed by atoms with E-state index >= 15 is 0 Å². The third-order valence-corrected chi connectivity index (χ3v) is 5.15. The molecule has 3 N–H and O–H groups in total. The van der Waals surface area contributed by atoms with Crippen molar-refractivity contribution < 1.29 is 18.6 Å². The second-order valence-electron chi connectivity index (χ2n) is 7.97. The van der Waals surface area contributed by atoms with E-state index in [-0.39, 0.29) is 19.1 Å². The molecule has 1 atom stereocenters. The Labute approximate surface area is 183 Å². The lowest BCUT2D eigenvalue weighted by Gasteiger charge is -2.32. The van der Waals surface area contributed by atoms with Crippen molar-refractivity contribution in [3.8, 4) is 0 Å². The van der Waals surface area contributed by atoms with E-state index < -0.39 is 11.9 Å². The largest absolute Gasteiger partial charge is 0.462 e. The van der Waals surface area contributed by atoms with E-state index in [2.05, 4.69) is 23.5 Å². The van der Waals surface area contributed by atoms with Crippen LogP contribution in [-0.2, 0) is 18.6 Å². The van der Waals surface area contributed by atoms with Crippen LogP contribution in [-0.4, -0.2) is 31.1 Å². The number of hydrogen-bond acceptors (Lipinski definition) is 6. The monoisotopic (exact) mass is 434 g/mol. The summed E-state index contributed by atoms with van der Waals surface area (Å²) in [4.78, 5) is 24.2. The Hall–Kier alpha value is -2.31. The van der Waals surface area contributed by atoms with E-state index in [0.717, 1.165) is 34.4 Å².